The molecule has 0 aliphatic carbocycles. The Bertz CT molecular complexity index is 976. The number of nitrogens with two attached hydrogens (primary N) is 1. The Hall–Kier alpha value is -2.34. The van der Waals surface area contributed by atoms with E-state index in [1.54, 1.807) is 0 Å². The van der Waals surface area contributed by atoms with Crippen LogP contribution in [0.3, 0.4) is 0 Å². The van der Waals surface area contributed by atoms with Gasteiger partial charge in [-0.3, -0.25) is 9.58 Å². The zero-order chi connectivity index (χ0) is 19.9. The first-order chi connectivity index (χ1) is 13.4. The van der Waals surface area contributed by atoms with Crippen LogP contribution in [0, 0.1) is 0 Å². The molecule has 28 heavy (non-hydrogen) atoms. The Morgan fingerprint density at radius 3 is 2.50 bits per heavy atom. The smallest absolute Gasteiger partial charge is 0.152 e. The van der Waals surface area contributed by atoms with Crippen molar-refractivity contribution in [2.45, 2.75) is 52.6 Å². The van der Waals surface area contributed by atoms with Crippen LogP contribution >= 0.6 is 0 Å². The summed E-state index contributed by atoms with van der Waals surface area (Å²) in [4.78, 5) is 9.64. The molecular formula is C22H32N6. The molecule has 6 nitrogen and oxygen atoms in total. The highest BCUT2D eigenvalue weighted by molar-refractivity contribution is 6.08. The number of rotatable bonds is 4. The number of benzene rings is 1. The minimum atomic E-state index is 0.232. The third kappa shape index (κ3) is 3.53. The fourth-order valence-corrected chi connectivity index (χ4v) is 4.09. The summed E-state index contributed by atoms with van der Waals surface area (Å²) in [6.45, 7) is 14.3. The van der Waals surface area contributed by atoms with Gasteiger partial charge in [-0.05, 0) is 45.4 Å². The van der Waals surface area contributed by atoms with Gasteiger partial charge in [-0.1, -0.05) is 13.3 Å². The normalized spacial score (nSPS) is 16.4. The summed E-state index contributed by atoms with van der Waals surface area (Å²) >= 11 is 0. The second kappa shape index (κ2) is 7.24. The van der Waals surface area contributed by atoms with E-state index in [0.717, 1.165) is 67.4 Å². The molecule has 0 unspecified atom stereocenters. The summed E-state index contributed by atoms with van der Waals surface area (Å²) in [7, 11) is 0. The molecular weight excluding hydrogens is 348 g/mol. The van der Waals surface area contributed by atoms with Gasteiger partial charge in [0.15, 0.2) is 5.82 Å². The highest BCUT2D eigenvalue weighted by Crippen LogP contribution is 2.31. The van der Waals surface area contributed by atoms with Crippen LogP contribution in [0.15, 0.2) is 24.4 Å². The molecule has 4 rings (SSSR count). The van der Waals surface area contributed by atoms with Crippen molar-refractivity contribution in [3.05, 3.63) is 24.4 Å². The quantitative estimate of drug-likeness (QED) is 0.744. The van der Waals surface area contributed by atoms with Crippen molar-refractivity contribution in [3.63, 3.8) is 0 Å². The number of anilines is 2. The van der Waals surface area contributed by atoms with E-state index in [4.69, 9.17) is 5.73 Å². The number of aromatic nitrogens is 3. The maximum atomic E-state index is 6.20. The Kier molecular flexibility index (Phi) is 4.91. The van der Waals surface area contributed by atoms with Crippen LogP contribution in [0.2, 0.25) is 0 Å². The van der Waals surface area contributed by atoms with Gasteiger partial charge in [0.25, 0.3) is 0 Å². The molecule has 2 aromatic heterocycles. The lowest BCUT2D eigenvalue weighted by molar-refractivity contribution is 0.128. The molecule has 0 radical (unpaired) electrons. The lowest BCUT2D eigenvalue weighted by Gasteiger charge is -2.43. The number of piperazine rings is 1. The second-order valence-corrected chi connectivity index (χ2v) is 8.85. The molecule has 3 heterocycles. The Morgan fingerprint density at radius 2 is 1.82 bits per heavy atom. The Morgan fingerprint density at radius 1 is 1.07 bits per heavy atom. The predicted molar refractivity (Wildman–Crippen MR) is 118 cm³/mol. The molecule has 0 spiro atoms. The van der Waals surface area contributed by atoms with Crippen LogP contribution in [-0.2, 0) is 6.54 Å². The third-order valence-corrected chi connectivity index (χ3v) is 5.85. The van der Waals surface area contributed by atoms with Gasteiger partial charge in [-0.2, -0.15) is 5.10 Å². The first-order valence-corrected chi connectivity index (χ1v) is 10.4. The zero-order valence-electron chi connectivity index (χ0n) is 17.6. The molecule has 2 N–H and O–H groups in total. The maximum Gasteiger partial charge on any atom is 0.152 e. The lowest BCUT2D eigenvalue weighted by atomic mass is 10.0. The highest BCUT2D eigenvalue weighted by atomic mass is 15.3. The third-order valence-electron chi connectivity index (χ3n) is 5.85. The van der Waals surface area contributed by atoms with Gasteiger partial charge in [0.1, 0.15) is 5.52 Å². The van der Waals surface area contributed by atoms with Crippen molar-refractivity contribution in [1.82, 2.24) is 19.7 Å². The average molecular weight is 381 g/mol. The van der Waals surface area contributed by atoms with Crippen LogP contribution in [-0.4, -0.2) is 51.4 Å². The van der Waals surface area contributed by atoms with E-state index in [1.807, 2.05) is 4.68 Å². The zero-order valence-corrected chi connectivity index (χ0v) is 17.6. The second-order valence-electron chi connectivity index (χ2n) is 8.85. The largest absolute Gasteiger partial charge is 0.382 e. The molecule has 0 atom stereocenters. The minimum absolute atomic E-state index is 0.232. The molecule has 1 aromatic carbocycles. The summed E-state index contributed by atoms with van der Waals surface area (Å²) in [6, 6.07) is 6.54. The number of aryl methyl sites for hydroxylation is 1. The van der Waals surface area contributed by atoms with Gasteiger partial charge in [0.2, 0.25) is 0 Å². The number of fused-ring (bicyclic) bond motifs is 3. The maximum absolute atomic E-state index is 6.20. The number of nitrogens with zero attached hydrogens (tertiary/aromatic N) is 5. The molecule has 0 saturated carbocycles. The summed E-state index contributed by atoms with van der Waals surface area (Å²) in [5, 5.41) is 6.93. The van der Waals surface area contributed by atoms with Crippen molar-refractivity contribution in [2.24, 2.45) is 0 Å². The molecule has 0 amide bonds. The summed E-state index contributed by atoms with van der Waals surface area (Å²) in [6.07, 6.45) is 4.39. The first-order valence-electron chi connectivity index (χ1n) is 10.4. The number of hydrogen-bond acceptors (Lipinski definition) is 5. The van der Waals surface area contributed by atoms with Gasteiger partial charge >= 0.3 is 0 Å². The minimum Gasteiger partial charge on any atom is -0.382 e. The summed E-state index contributed by atoms with van der Waals surface area (Å²) in [5.74, 6) is 0.518. The highest BCUT2D eigenvalue weighted by Gasteiger charge is 2.26. The number of pyridine rings is 1. The fraction of sp³-hybridized carbons (Fsp3) is 0.545. The first kappa shape index (κ1) is 19.0. The SMILES string of the molecule is CCCCn1cc2c(n1)c(N)nc1ccc(N3CCN(C(C)(C)C)CC3)cc12. The molecule has 1 aliphatic heterocycles. The van der Waals surface area contributed by atoms with E-state index in [-0.39, 0.29) is 5.54 Å². The van der Waals surface area contributed by atoms with Gasteiger partial charge in [0, 0.05) is 60.9 Å². The number of unbranched alkanes of at least 4 members (excludes halogenated alkanes) is 1. The van der Waals surface area contributed by atoms with Crippen molar-refractivity contribution in [3.8, 4) is 0 Å². The monoisotopic (exact) mass is 380 g/mol. The van der Waals surface area contributed by atoms with E-state index in [9.17, 15) is 0 Å². The lowest BCUT2D eigenvalue weighted by Crippen LogP contribution is -2.53. The van der Waals surface area contributed by atoms with E-state index < -0.39 is 0 Å². The van der Waals surface area contributed by atoms with E-state index in [2.05, 4.69) is 72.0 Å². The molecule has 1 fully saturated rings. The van der Waals surface area contributed by atoms with Crippen LogP contribution in [0.25, 0.3) is 21.8 Å². The van der Waals surface area contributed by atoms with Crippen LogP contribution in [0.5, 0.6) is 0 Å². The van der Waals surface area contributed by atoms with Gasteiger partial charge < -0.3 is 10.6 Å². The van der Waals surface area contributed by atoms with Crippen molar-refractivity contribution >= 4 is 33.3 Å². The molecule has 1 saturated heterocycles. The van der Waals surface area contributed by atoms with E-state index in [0.29, 0.717) is 5.82 Å². The Balaban J connectivity index is 1.67. The van der Waals surface area contributed by atoms with E-state index in [1.165, 1.54) is 5.69 Å². The standard InChI is InChI=1S/C22H32N6/c1-5-6-9-28-15-18-17-14-16(7-8-19(17)24-21(23)20(18)25-28)26-10-12-27(13-11-26)22(2,3)4/h7-8,14-15H,5-6,9-13H2,1-4H3,(H2,23,24). The van der Waals surface area contributed by atoms with Gasteiger partial charge in [-0.15, -0.1) is 0 Å². The molecule has 0 bridgehead atoms. The molecule has 1 aliphatic rings. The van der Waals surface area contributed by atoms with Crippen LogP contribution in [0.4, 0.5) is 11.5 Å². The van der Waals surface area contributed by atoms with Gasteiger partial charge in [-0.25, -0.2) is 4.98 Å². The Labute approximate surface area is 167 Å². The summed E-state index contributed by atoms with van der Waals surface area (Å²) < 4.78 is 2.01. The molecule has 150 valence electrons. The van der Waals surface area contributed by atoms with Crippen molar-refractivity contribution in [2.75, 3.05) is 36.8 Å². The van der Waals surface area contributed by atoms with Gasteiger partial charge in [0.05, 0.1) is 5.52 Å². The fourth-order valence-electron chi connectivity index (χ4n) is 4.09. The number of nitrogen functional groups attached to an aromatic ring is 1. The van der Waals surface area contributed by atoms with Crippen LogP contribution in [0.1, 0.15) is 40.5 Å². The molecule has 6 heteroatoms. The number of hydrogen-bond donors (Lipinski definition) is 1. The summed E-state index contributed by atoms with van der Waals surface area (Å²) in [5.41, 5.74) is 9.45. The van der Waals surface area contributed by atoms with E-state index >= 15 is 0 Å². The van der Waals surface area contributed by atoms with Crippen molar-refractivity contribution in [1.29, 1.82) is 0 Å². The molecule has 3 aromatic rings. The predicted octanol–water partition coefficient (Wildman–Crippen LogP) is 3.89. The van der Waals surface area contributed by atoms with Crippen molar-refractivity contribution < 1.29 is 0 Å². The van der Waals surface area contributed by atoms with Crippen LogP contribution < -0.4 is 10.6 Å². The topological polar surface area (TPSA) is 63.2 Å². The average Bonchev–Trinajstić information content (AvgIpc) is 3.11.